The number of carbonyl (C=O) groups is 2. The van der Waals surface area contributed by atoms with Crippen molar-refractivity contribution in [1.29, 1.82) is 0 Å². The lowest BCUT2D eigenvalue weighted by Crippen LogP contribution is -2.65. The zero-order valence-electron chi connectivity index (χ0n) is 13.6. The number of ketones is 2. The summed E-state index contributed by atoms with van der Waals surface area (Å²) in [6.45, 7) is 6.77. The normalized spacial score (nSPS) is 31.2. The van der Waals surface area contributed by atoms with E-state index in [0.717, 1.165) is 0 Å². The summed E-state index contributed by atoms with van der Waals surface area (Å²) in [5, 5.41) is 22.4. The average molecular weight is 304 g/mol. The number of Topliss-reactive ketones (excluding diaryl/α,β-unsaturated/α-hetero) is 2. The Morgan fingerprint density at radius 2 is 1.86 bits per heavy atom. The Bertz CT molecular complexity index is 607. The molecule has 0 fully saturated rings. The maximum Gasteiger partial charge on any atom is 0.169 e. The fourth-order valence-corrected chi connectivity index (χ4v) is 3.46. The molecule has 1 aromatic rings. The van der Waals surface area contributed by atoms with E-state index in [1.807, 2.05) is 13.8 Å². The summed E-state index contributed by atoms with van der Waals surface area (Å²) in [5.41, 5.74) is -3.08. The number of hydrogen-bond acceptors (Lipinski definition) is 4. The van der Waals surface area contributed by atoms with Gasteiger partial charge in [0.05, 0.1) is 5.92 Å². The highest BCUT2D eigenvalue weighted by atomic mass is 16.4. The van der Waals surface area contributed by atoms with E-state index in [1.165, 1.54) is 13.8 Å². The monoisotopic (exact) mass is 304 g/mol. The maximum atomic E-state index is 12.5. The molecule has 22 heavy (non-hydrogen) atoms. The molecule has 1 aliphatic rings. The van der Waals surface area contributed by atoms with Gasteiger partial charge in [-0.3, -0.25) is 9.59 Å². The first-order valence-electron chi connectivity index (χ1n) is 7.75. The van der Waals surface area contributed by atoms with E-state index in [0.29, 0.717) is 23.5 Å². The standard InChI is InChI=1S/C18H24O4/c1-11(2)9-10-17(21)15-8-6-5-7-14(15)16(20)12(3)18(17,22)13(4)19/h5-8,11-12,21-22H,9-10H2,1-4H3/t12-,17+,18-/m0/s1. The molecule has 2 N–H and O–H groups in total. The van der Waals surface area contributed by atoms with Crippen LogP contribution in [-0.4, -0.2) is 27.4 Å². The minimum atomic E-state index is -2.09. The van der Waals surface area contributed by atoms with E-state index in [4.69, 9.17) is 0 Å². The SMILES string of the molecule is CC(=O)[C@@]1(O)[C@@H](C)C(=O)c2ccccc2[C@]1(O)CCC(C)C. The molecule has 2 rings (SSSR count). The third kappa shape index (κ3) is 2.22. The van der Waals surface area contributed by atoms with Crippen molar-refractivity contribution in [3.05, 3.63) is 35.4 Å². The predicted octanol–water partition coefficient (Wildman–Crippen LogP) is 2.46. The maximum absolute atomic E-state index is 12.5. The third-order valence-electron chi connectivity index (χ3n) is 4.91. The molecule has 0 radical (unpaired) electrons. The summed E-state index contributed by atoms with van der Waals surface area (Å²) in [6.07, 6.45) is 0.872. The van der Waals surface area contributed by atoms with Gasteiger partial charge >= 0.3 is 0 Å². The minimum Gasteiger partial charge on any atom is -0.382 e. The third-order valence-corrected chi connectivity index (χ3v) is 4.91. The molecule has 0 bridgehead atoms. The van der Waals surface area contributed by atoms with Crippen LogP contribution in [0.5, 0.6) is 0 Å². The molecule has 0 amide bonds. The number of aliphatic hydroxyl groups is 2. The van der Waals surface area contributed by atoms with Gasteiger partial charge < -0.3 is 10.2 Å². The predicted molar refractivity (Wildman–Crippen MR) is 83.5 cm³/mol. The van der Waals surface area contributed by atoms with Gasteiger partial charge in [0.15, 0.2) is 17.2 Å². The molecule has 0 saturated heterocycles. The largest absolute Gasteiger partial charge is 0.382 e. The Balaban J connectivity index is 2.69. The summed E-state index contributed by atoms with van der Waals surface area (Å²) in [6, 6.07) is 6.72. The summed E-state index contributed by atoms with van der Waals surface area (Å²) in [7, 11) is 0. The zero-order valence-corrected chi connectivity index (χ0v) is 13.6. The molecular weight excluding hydrogens is 280 g/mol. The highest BCUT2D eigenvalue weighted by molar-refractivity contribution is 6.06. The molecular formula is C18H24O4. The summed E-state index contributed by atoms with van der Waals surface area (Å²) in [5.74, 6) is -1.55. The van der Waals surface area contributed by atoms with E-state index < -0.39 is 22.9 Å². The van der Waals surface area contributed by atoms with Crippen LogP contribution in [0.4, 0.5) is 0 Å². The minimum absolute atomic E-state index is 0.232. The van der Waals surface area contributed by atoms with Crippen LogP contribution in [0, 0.1) is 11.8 Å². The second-order valence-corrected chi connectivity index (χ2v) is 6.75. The van der Waals surface area contributed by atoms with Gasteiger partial charge in [-0.1, -0.05) is 45.0 Å². The fourth-order valence-electron chi connectivity index (χ4n) is 3.46. The van der Waals surface area contributed by atoms with Crippen LogP contribution in [0.15, 0.2) is 24.3 Å². The van der Waals surface area contributed by atoms with Gasteiger partial charge in [0.1, 0.15) is 5.60 Å². The lowest BCUT2D eigenvalue weighted by Gasteiger charge is -2.49. The first-order valence-corrected chi connectivity index (χ1v) is 7.75. The smallest absolute Gasteiger partial charge is 0.169 e. The number of fused-ring (bicyclic) bond motifs is 1. The summed E-state index contributed by atoms with van der Waals surface area (Å²) < 4.78 is 0. The van der Waals surface area contributed by atoms with Crippen LogP contribution in [0.2, 0.25) is 0 Å². The lowest BCUT2D eigenvalue weighted by molar-refractivity contribution is -0.192. The van der Waals surface area contributed by atoms with Crippen LogP contribution in [-0.2, 0) is 10.4 Å². The van der Waals surface area contributed by atoms with Crippen molar-refractivity contribution in [2.24, 2.45) is 11.8 Å². The van der Waals surface area contributed by atoms with Gasteiger partial charge in [0.2, 0.25) is 0 Å². The Kier molecular flexibility index (Phi) is 4.28. The molecule has 0 unspecified atom stereocenters. The molecule has 120 valence electrons. The van der Waals surface area contributed by atoms with Gasteiger partial charge in [-0.25, -0.2) is 0 Å². The summed E-state index contributed by atoms with van der Waals surface area (Å²) >= 11 is 0. The molecule has 3 atom stereocenters. The van der Waals surface area contributed by atoms with Crippen molar-refractivity contribution >= 4 is 11.6 Å². The molecule has 4 nitrogen and oxygen atoms in total. The first kappa shape index (κ1) is 16.8. The van der Waals surface area contributed by atoms with Crippen LogP contribution in [0.3, 0.4) is 0 Å². The van der Waals surface area contributed by atoms with E-state index in [9.17, 15) is 19.8 Å². The number of benzene rings is 1. The molecule has 1 aliphatic carbocycles. The molecule has 0 spiro atoms. The Labute approximate surface area is 131 Å². The van der Waals surface area contributed by atoms with Crippen LogP contribution in [0.1, 0.15) is 56.5 Å². The van der Waals surface area contributed by atoms with Crippen molar-refractivity contribution in [2.45, 2.75) is 51.7 Å². The molecule has 0 saturated carbocycles. The molecule has 0 heterocycles. The highest BCUT2D eigenvalue weighted by Gasteiger charge is 2.62. The van der Waals surface area contributed by atoms with Gasteiger partial charge in [0.25, 0.3) is 0 Å². The molecule has 0 aliphatic heterocycles. The van der Waals surface area contributed by atoms with Crippen molar-refractivity contribution in [3.8, 4) is 0 Å². The Hall–Kier alpha value is -1.52. The van der Waals surface area contributed by atoms with E-state index >= 15 is 0 Å². The van der Waals surface area contributed by atoms with Gasteiger partial charge in [-0.05, 0) is 31.2 Å². The number of rotatable bonds is 4. The second kappa shape index (κ2) is 5.60. The zero-order chi connectivity index (χ0) is 16.7. The van der Waals surface area contributed by atoms with Gasteiger partial charge in [-0.2, -0.15) is 0 Å². The van der Waals surface area contributed by atoms with E-state index in [-0.39, 0.29) is 12.2 Å². The van der Waals surface area contributed by atoms with Crippen molar-refractivity contribution in [1.82, 2.24) is 0 Å². The fraction of sp³-hybridized carbons (Fsp3) is 0.556. The second-order valence-electron chi connectivity index (χ2n) is 6.75. The van der Waals surface area contributed by atoms with Crippen molar-refractivity contribution < 1.29 is 19.8 Å². The van der Waals surface area contributed by atoms with Crippen LogP contribution in [0.25, 0.3) is 0 Å². The van der Waals surface area contributed by atoms with Crippen molar-refractivity contribution in [2.75, 3.05) is 0 Å². The number of hydrogen-bond donors (Lipinski definition) is 2. The highest BCUT2D eigenvalue weighted by Crippen LogP contribution is 2.49. The van der Waals surface area contributed by atoms with Gasteiger partial charge in [0, 0.05) is 5.56 Å². The van der Waals surface area contributed by atoms with Crippen LogP contribution >= 0.6 is 0 Å². The van der Waals surface area contributed by atoms with Gasteiger partial charge in [-0.15, -0.1) is 0 Å². The quantitative estimate of drug-likeness (QED) is 0.896. The lowest BCUT2D eigenvalue weighted by atomic mass is 9.59. The average Bonchev–Trinajstić information content (AvgIpc) is 2.48. The topological polar surface area (TPSA) is 74.6 Å². The molecule has 4 heteroatoms. The Morgan fingerprint density at radius 3 is 2.41 bits per heavy atom. The van der Waals surface area contributed by atoms with E-state index in [1.54, 1.807) is 24.3 Å². The van der Waals surface area contributed by atoms with Crippen LogP contribution < -0.4 is 0 Å². The first-order chi connectivity index (χ1) is 10.2. The number of carbonyl (C=O) groups excluding carboxylic acids is 2. The van der Waals surface area contributed by atoms with Crippen molar-refractivity contribution in [3.63, 3.8) is 0 Å². The van der Waals surface area contributed by atoms with E-state index in [2.05, 4.69) is 0 Å². The molecule has 0 aromatic heterocycles. The molecule has 1 aromatic carbocycles. The summed E-state index contributed by atoms with van der Waals surface area (Å²) in [4.78, 5) is 24.7. The Morgan fingerprint density at radius 1 is 1.27 bits per heavy atom.